The molecule has 6 aromatic heterocycles. The average Bonchev–Trinajstić information content (AvgIpc) is 1.57. The summed E-state index contributed by atoms with van der Waals surface area (Å²) in [7, 11) is 0. The van der Waals surface area contributed by atoms with E-state index in [2.05, 4.69) is 340 Å². The highest BCUT2D eigenvalue weighted by molar-refractivity contribution is 6.18. The number of rotatable bonds is 12. The van der Waals surface area contributed by atoms with E-state index >= 15 is 0 Å². The lowest BCUT2D eigenvalue weighted by molar-refractivity contribution is 1.18. The van der Waals surface area contributed by atoms with Gasteiger partial charge in [-0.2, -0.15) is 36.8 Å². The molecule has 0 unspecified atom stereocenters. The van der Waals surface area contributed by atoms with E-state index in [-0.39, 0.29) is 0 Å². The Morgan fingerprint density at radius 3 is 0.867 bits per heavy atom. The van der Waals surface area contributed by atoms with Crippen LogP contribution in [0.2, 0.25) is 0 Å². The average molecular weight is 1910 g/mol. The first-order valence-corrected chi connectivity index (χ1v) is 48.8. The van der Waals surface area contributed by atoms with Crippen LogP contribution in [0.25, 0.3) is 241 Å². The fourth-order valence-electron chi connectivity index (χ4n) is 22.5. The summed E-state index contributed by atoms with van der Waals surface area (Å²) >= 11 is 0. The van der Waals surface area contributed by atoms with Crippen molar-refractivity contribution >= 4 is 142 Å². The van der Waals surface area contributed by atoms with E-state index in [9.17, 15) is 36.8 Å². The van der Waals surface area contributed by atoms with Crippen LogP contribution in [0.3, 0.4) is 0 Å². The van der Waals surface area contributed by atoms with Crippen LogP contribution in [-0.2, 0) is 0 Å². The van der Waals surface area contributed by atoms with Gasteiger partial charge in [0.15, 0.2) is 5.69 Å². The highest BCUT2D eigenvalue weighted by Gasteiger charge is 2.28. The van der Waals surface area contributed by atoms with E-state index in [1.165, 1.54) is 21.5 Å². The lowest BCUT2D eigenvalue weighted by Gasteiger charge is -2.18. The van der Waals surface area contributed by atoms with Crippen LogP contribution in [0.15, 0.2) is 455 Å². The Balaban J connectivity index is 0.000000116. The first-order valence-electron chi connectivity index (χ1n) is 48.8. The molecule has 0 aliphatic carbocycles. The molecule has 0 radical (unpaired) electrons. The zero-order chi connectivity index (χ0) is 101. The van der Waals surface area contributed by atoms with Crippen molar-refractivity contribution in [1.82, 2.24) is 27.4 Å². The minimum atomic E-state index is 0.542. The van der Waals surface area contributed by atoms with Crippen LogP contribution in [-0.4, -0.2) is 27.4 Å². The first-order chi connectivity index (χ1) is 74.1. The number of para-hydroxylation sites is 10. The van der Waals surface area contributed by atoms with Crippen molar-refractivity contribution in [2.24, 2.45) is 0 Å². The lowest BCUT2D eigenvalue weighted by Crippen LogP contribution is -1.99. The zero-order valence-electron chi connectivity index (χ0n) is 80.0. The fourth-order valence-corrected chi connectivity index (χ4v) is 22.5. The third-order valence-electron chi connectivity index (χ3n) is 28.9. The van der Waals surface area contributed by atoms with Crippen molar-refractivity contribution in [3.63, 3.8) is 0 Å². The molecule has 0 amide bonds. The monoisotopic (exact) mass is 1910 g/mol. The molecule has 15 heteroatoms. The van der Waals surface area contributed by atoms with Gasteiger partial charge in [0, 0.05) is 115 Å². The predicted octanol–water partition coefficient (Wildman–Crippen LogP) is 33.8. The maximum Gasteiger partial charge on any atom is 0.211 e. The van der Waals surface area contributed by atoms with Gasteiger partial charge in [0.05, 0.1) is 172 Å². The Hall–Kier alpha value is -22.2. The lowest BCUT2D eigenvalue weighted by atomic mass is 9.90. The van der Waals surface area contributed by atoms with Gasteiger partial charge in [0.2, 0.25) is 5.69 Å². The Kier molecular flexibility index (Phi) is 22.0. The summed E-state index contributed by atoms with van der Waals surface area (Å²) in [5.41, 5.74) is 34.4. The molecule has 15 nitrogen and oxygen atoms in total. The van der Waals surface area contributed by atoms with E-state index in [1.807, 2.05) is 194 Å². The van der Waals surface area contributed by atoms with Crippen LogP contribution in [0.5, 0.6) is 0 Å². The summed E-state index contributed by atoms with van der Waals surface area (Å²) < 4.78 is 13.3. The second kappa shape index (κ2) is 37.0. The number of nitrogens with zero attached hydrogens (tertiary/aromatic N) is 15. The Labute approximate surface area is 860 Å². The number of hydrogen-bond donors (Lipinski definition) is 0. The summed E-state index contributed by atoms with van der Waals surface area (Å²) in [6, 6.07) is 169. The van der Waals surface area contributed by atoms with E-state index in [4.69, 9.17) is 13.1 Å². The molecule has 21 aromatic carbocycles. The molecule has 0 saturated carbocycles. The molecule has 0 atom stereocenters. The molecule has 0 fully saturated rings. The topological polar surface area (TPSA) is 205 Å². The third-order valence-corrected chi connectivity index (χ3v) is 28.9. The molecule has 150 heavy (non-hydrogen) atoms. The summed E-state index contributed by atoms with van der Waals surface area (Å²) in [6.45, 7) is 15.5. The molecule has 0 aliphatic rings. The molecular weight excluding hydrogens is 1830 g/mol. The van der Waals surface area contributed by atoms with E-state index in [1.54, 1.807) is 0 Å². The maximum absolute atomic E-state index is 10.4. The second-order valence-electron chi connectivity index (χ2n) is 36.8. The Bertz CT molecular complexity index is 10700. The highest BCUT2D eigenvalue weighted by atomic mass is 15.0. The quantitative estimate of drug-likeness (QED) is 0.108. The van der Waals surface area contributed by atoms with Gasteiger partial charge in [-0.3, -0.25) is 0 Å². The largest absolute Gasteiger partial charge is 0.319 e. The van der Waals surface area contributed by atoms with Gasteiger partial charge in [-0.1, -0.05) is 273 Å². The summed E-state index contributed by atoms with van der Waals surface area (Å²) in [5, 5.41) is 82.7. The minimum absolute atomic E-state index is 0.542. The van der Waals surface area contributed by atoms with Gasteiger partial charge in [-0.15, -0.1) is 0 Å². The Morgan fingerprint density at radius 1 is 0.187 bits per heavy atom. The molecule has 0 N–H and O–H groups in total. The fraction of sp³-hybridized carbons (Fsp3) is 0. The van der Waals surface area contributed by atoms with Crippen LogP contribution >= 0.6 is 0 Å². The van der Waals surface area contributed by atoms with Crippen molar-refractivity contribution in [2.45, 2.75) is 0 Å². The zero-order valence-corrected chi connectivity index (χ0v) is 80.0. The molecule has 0 spiro atoms. The smallest absolute Gasteiger partial charge is 0.211 e. The van der Waals surface area contributed by atoms with Gasteiger partial charge in [0.1, 0.15) is 0 Å². The molecule has 0 aliphatic heterocycles. The van der Waals surface area contributed by atoms with Crippen molar-refractivity contribution in [3.05, 3.63) is 517 Å². The molecule has 0 bridgehead atoms. The summed E-state index contributed by atoms with van der Waals surface area (Å²) in [6.07, 6.45) is 0. The first kappa shape index (κ1) is 89.2. The van der Waals surface area contributed by atoms with E-state index in [0.29, 0.717) is 50.3 Å². The van der Waals surface area contributed by atoms with Crippen molar-refractivity contribution < 1.29 is 0 Å². The van der Waals surface area contributed by atoms with Crippen LogP contribution in [0, 0.1) is 92.5 Å². The Morgan fingerprint density at radius 2 is 0.473 bits per heavy atom. The molecule has 690 valence electrons. The molecule has 6 heterocycles. The normalized spacial score (nSPS) is 11.1. The van der Waals surface area contributed by atoms with Crippen LogP contribution < -0.4 is 0 Å². The standard InChI is InChI=1S/3C45H25N5/c1-48-39-16-9-15-37-38-26-29(27-46)20-25-43(38)49(45(37)39)32-23-21-30(22-24-32)44-31(28-47)10-8-14-36(44)35-13-4-7-19-42(35)50-40-17-5-2-11-33(40)34-12-3-6-18-41(34)50;1-48-32-20-23-37-39-25-29(27-46)17-24-43(39)49(44(37)26-32)33-21-18-30(19-22-33)45-31(28-47)9-8-13-38(45)36-12-4-7-16-42(36)50-40-14-5-2-10-34(40)35-11-3-6-15-41(35)50;46-26-29-19-24-42-38(25-29)35-12-2-4-15-39(35)49(42)33-22-20-30(21-23-33)44-31(27-47)9-7-14-36(44)34-11-1-5-16-40(34)50-41-17-6-3-13-37(41)45-32(28-48)10-8-18-43(45)50/h2*2-26H;1-25H. The SMILES string of the molecule is N#Cc1ccc2c(c1)c1ccccc1n2-c1ccc(-c2c(C#N)cccc2-c2ccccc2-n2c3ccccc3c3c(C#N)cccc32)cc1.[C-]#[N+]c1ccc2c3cc(C#N)ccc3n(-c3ccc(-c4c(C#N)cccc4-c4ccccc4-n4c5ccccc5c5ccccc54)cc3)c2c1.[C-]#[N+]c1cccc2c3cc(C#N)ccc3n(-c3ccc(-c4c(C#N)cccc4-c4ccccc4-n4c5ccccc5c5ccccc54)cc3)c12. The van der Waals surface area contributed by atoms with E-state index < -0.39 is 0 Å². The predicted molar refractivity (Wildman–Crippen MR) is 604 cm³/mol. The highest BCUT2D eigenvalue weighted by Crippen LogP contribution is 2.49. The summed E-state index contributed by atoms with van der Waals surface area (Å²) in [4.78, 5) is 7.53. The second-order valence-corrected chi connectivity index (χ2v) is 36.8. The molecule has 27 rings (SSSR count). The van der Waals surface area contributed by atoms with Gasteiger partial charge in [0.25, 0.3) is 0 Å². The van der Waals surface area contributed by atoms with Crippen molar-refractivity contribution in [1.29, 1.82) is 36.8 Å². The molecule has 0 saturated heterocycles. The maximum atomic E-state index is 10.4. The molecular formula is C135H75N15. The van der Waals surface area contributed by atoms with Crippen molar-refractivity contribution in [2.75, 3.05) is 0 Å². The molecule has 27 aromatic rings. The minimum Gasteiger partial charge on any atom is -0.319 e. The van der Waals surface area contributed by atoms with E-state index in [0.717, 1.165) is 210 Å². The summed E-state index contributed by atoms with van der Waals surface area (Å²) in [5.74, 6) is 0. The third kappa shape index (κ3) is 14.6. The van der Waals surface area contributed by atoms with Gasteiger partial charge < -0.3 is 27.4 Å². The number of nitriles is 7. The number of fused-ring (bicyclic) bond motifs is 18. The number of benzene rings is 21. The van der Waals surface area contributed by atoms with Gasteiger partial charge in [-0.05, 0) is 221 Å². The number of aromatic nitrogens is 6. The van der Waals surface area contributed by atoms with Gasteiger partial charge >= 0.3 is 0 Å². The van der Waals surface area contributed by atoms with Crippen molar-refractivity contribution in [3.8, 4) is 143 Å². The number of hydrogen-bond acceptors (Lipinski definition) is 7. The van der Waals surface area contributed by atoms with Crippen LogP contribution in [0.4, 0.5) is 11.4 Å². The van der Waals surface area contributed by atoms with Gasteiger partial charge in [-0.25, -0.2) is 9.69 Å². The van der Waals surface area contributed by atoms with Crippen LogP contribution in [0.1, 0.15) is 38.9 Å².